The summed E-state index contributed by atoms with van der Waals surface area (Å²) in [6.45, 7) is 6.30. The standard InChI is InChI=1S/C26H30N4O/c1-28-13-15-29(16-14-28)21-5-8-23-19(17-21)18-24(30-12-11-27-25(23)30)26(9-10-26)20-3-6-22(31-2)7-4-20/h3-8,17-18H,9-16H2,1-2H3. The molecular formula is C26H30N4O. The zero-order chi connectivity index (χ0) is 21.0. The molecule has 0 spiro atoms. The van der Waals surface area contributed by atoms with E-state index in [0.717, 1.165) is 50.9 Å². The van der Waals surface area contributed by atoms with E-state index in [1.165, 1.54) is 40.9 Å². The number of hydrogen-bond acceptors (Lipinski definition) is 5. The number of rotatable bonds is 4. The summed E-state index contributed by atoms with van der Waals surface area (Å²) in [6, 6.07) is 15.7. The van der Waals surface area contributed by atoms with Gasteiger partial charge in [0.05, 0.1) is 13.7 Å². The highest BCUT2D eigenvalue weighted by Crippen LogP contribution is 2.57. The SMILES string of the molecule is COc1ccc(C2(C3=Cc4cc(N5CCN(C)CC5)ccc4C4=NCCN34)CC2)cc1. The van der Waals surface area contributed by atoms with Crippen molar-refractivity contribution in [2.75, 3.05) is 58.3 Å². The lowest BCUT2D eigenvalue weighted by Crippen LogP contribution is -2.44. The molecule has 0 radical (unpaired) electrons. The number of likely N-dealkylation sites (N-methyl/N-ethyl adjacent to an activating group) is 1. The fourth-order valence-corrected chi connectivity index (χ4v) is 5.40. The van der Waals surface area contributed by atoms with Gasteiger partial charge in [-0.1, -0.05) is 12.1 Å². The van der Waals surface area contributed by atoms with Gasteiger partial charge in [-0.3, -0.25) is 4.99 Å². The number of piperazine rings is 1. The lowest BCUT2D eigenvalue weighted by Gasteiger charge is -2.36. The average molecular weight is 415 g/mol. The van der Waals surface area contributed by atoms with Crippen LogP contribution in [0.4, 0.5) is 5.69 Å². The van der Waals surface area contributed by atoms with E-state index in [2.05, 4.69) is 70.3 Å². The molecule has 1 saturated carbocycles. The van der Waals surface area contributed by atoms with Gasteiger partial charge in [0.1, 0.15) is 11.6 Å². The van der Waals surface area contributed by atoms with Crippen LogP contribution in [0.2, 0.25) is 0 Å². The predicted molar refractivity (Wildman–Crippen MR) is 126 cm³/mol. The van der Waals surface area contributed by atoms with Gasteiger partial charge in [0.2, 0.25) is 0 Å². The van der Waals surface area contributed by atoms with Gasteiger partial charge in [-0.15, -0.1) is 0 Å². The molecule has 0 unspecified atom stereocenters. The van der Waals surface area contributed by atoms with E-state index >= 15 is 0 Å². The molecular weight excluding hydrogens is 384 g/mol. The molecule has 0 aromatic heterocycles. The predicted octanol–water partition coefficient (Wildman–Crippen LogP) is 3.60. The number of fused-ring (bicyclic) bond motifs is 3. The quantitative estimate of drug-likeness (QED) is 0.765. The third-order valence-corrected chi connectivity index (χ3v) is 7.45. The van der Waals surface area contributed by atoms with E-state index in [9.17, 15) is 0 Å². The second-order valence-electron chi connectivity index (χ2n) is 9.26. The van der Waals surface area contributed by atoms with Crippen molar-refractivity contribution in [1.29, 1.82) is 0 Å². The van der Waals surface area contributed by atoms with E-state index in [0.29, 0.717) is 0 Å². The number of ether oxygens (including phenoxy) is 1. The third-order valence-electron chi connectivity index (χ3n) is 7.45. The number of anilines is 1. The number of benzene rings is 2. The highest BCUT2D eigenvalue weighted by atomic mass is 16.5. The fourth-order valence-electron chi connectivity index (χ4n) is 5.40. The maximum atomic E-state index is 5.39. The molecule has 1 saturated heterocycles. The number of amidine groups is 1. The van der Waals surface area contributed by atoms with Crippen LogP contribution in [0.3, 0.4) is 0 Å². The van der Waals surface area contributed by atoms with Gasteiger partial charge in [0.15, 0.2) is 0 Å². The maximum absolute atomic E-state index is 5.39. The molecule has 2 aromatic rings. The first-order chi connectivity index (χ1) is 15.2. The van der Waals surface area contributed by atoms with Crippen LogP contribution in [0.5, 0.6) is 5.75 Å². The number of nitrogens with zero attached hydrogens (tertiary/aromatic N) is 4. The van der Waals surface area contributed by atoms with E-state index in [-0.39, 0.29) is 5.41 Å². The van der Waals surface area contributed by atoms with Crippen LogP contribution in [0.25, 0.3) is 6.08 Å². The highest BCUT2D eigenvalue weighted by Gasteiger charge is 2.51. The lowest BCUT2D eigenvalue weighted by atomic mass is 9.86. The Labute approximate surface area is 184 Å². The molecule has 3 heterocycles. The number of allylic oxidation sites excluding steroid dienone is 1. The van der Waals surface area contributed by atoms with Gasteiger partial charge in [0.25, 0.3) is 0 Å². The molecule has 2 aromatic carbocycles. The molecule has 5 nitrogen and oxygen atoms in total. The number of aliphatic imine (C=N–C) groups is 1. The Morgan fingerprint density at radius 1 is 0.935 bits per heavy atom. The third kappa shape index (κ3) is 3.06. The van der Waals surface area contributed by atoms with Crippen LogP contribution in [0.1, 0.15) is 29.5 Å². The zero-order valence-electron chi connectivity index (χ0n) is 18.5. The van der Waals surface area contributed by atoms with Crippen molar-refractivity contribution in [2.45, 2.75) is 18.3 Å². The second kappa shape index (κ2) is 7.13. The molecule has 0 amide bonds. The van der Waals surface area contributed by atoms with Crippen LogP contribution in [0, 0.1) is 0 Å². The summed E-state index contributed by atoms with van der Waals surface area (Å²) >= 11 is 0. The van der Waals surface area contributed by atoms with E-state index in [1.54, 1.807) is 7.11 Å². The van der Waals surface area contributed by atoms with Crippen LogP contribution in [0.15, 0.2) is 53.2 Å². The summed E-state index contributed by atoms with van der Waals surface area (Å²) in [5.41, 5.74) is 6.87. The topological polar surface area (TPSA) is 31.3 Å². The minimum atomic E-state index is 0.110. The smallest absolute Gasteiger partial charge is 0.135 e. The first-order valence-corrected chi connectivity index (χ1v) is 11.4. The summed E-state index contributed by atoms with van der Waals surface area (Å²) in [6.07, 6.45) is 4.85. The molecule has 6 rings (SSSR count). The zero-order valence-corrected chi connectivity index (χ0v) is 18.5. The molecule has 3 aliphatic heterocycles. The highest BCUT2D eigenvalue weighted by molar-refractivity contribution is 6.07. The van der Waals surface area contributed by atoms with Gasteiger partial charge in [-0.25, -0.2) is 0 Å². The van der Waals surface area contributed by atoms with Crippen LogP contribution in [-0.4, -0.2) is 69.1 Å². The van der Waals surface area contributed by atoms with Crippen molar-refractivity contribution >= 4 is 17.6 Å². The number of hydrogen-bond donors (Lipinski definition) is 0. The fraction of sp³-hybridized carbons (Fsp3) is 0.423. The van der Waals surface area contributed by atoms with Crippen molar-refractivity contribution in [2.24, 2.45) is 4.99 Å². The monoisotopic (exact) mass is 414 g/mol. The van der Waals surface area contributed by atoms with Crippen molar-refractivity contribution in [1.82, 2.24) is 9.80 Å². The minimum Gasteiger partial charge on any atom is -0.497 e. The van der Waals surface area contributed by atoms with Gasteiger partial charge < -0.3 is 19.4 Å². The summed E-state index contributed by atoms with van der Waals surface area (Å²) in [7, 11) is 3.94. The summed E-state index contributed by atoms with van der Waals surface area (Å²) in [5.74, 6) is 2.08. The van der Waals surface area contributed by atoms with Gasteiger partial charge in [-0.05, 0) is 67.4 Å². The molecule has 0 atom stereocenters. The molecule has 4 aliphatic rings. The first-order valence-electron chi connectivity index (χ1n) is 11.4. The molecule has 31 heavy (non-hydrogen) atoms. The Morgan fingerprint density at radius 3 is 2.42 bits per heavy atom. The Kier molecular flexibility index (Phi) is 4.35. The molecule has 0 N–H and O–H groups in total. The van der Waals surface area contributed by atoms with Gasteiger partial charge in [0, 0.05) is 55.1 Å². The van der Waals surface area contributed by atoms with Gasteiger partial charge >= 0.3 is 0 Å². The van der Waals surface area contributed by atoms with Crippen LogP contribution in [-0.2, 0) is 5.41 Å². The molecule has 1 aliphatic carbocycles. The van der Waals surface area contributed by atoms with Crippen molar-refractivity contribution in [3.8, 4) is 5.75 Å². The van der Waals surface area contributed by atoms with Crippen molar-refractivity contribution in [3.05, 3.63) is 64.9 Å². The Balaban J connectivity index is 1.40. The summed E-state index contributed by atoms with van der Waals surface area (Å²) in [5, 5.41) is 0. The first kappa shape index (κ1) is 18.9. The molecule has 160 valence electrons. The number of methoxy groups -OCH3 is 1. The van der Waals surface area contributed by atoms with Gasteiger partial charge in [-0.2, -0.15) is 0 Å². The molecule has 5 heteroatoms. The average Bonchev–Trinajstić information content (AvgIpc) is 3.47. The van der Waals surface area contributed by atoms with E-state index < -0.39 is 0 Å². The Morgan fingerprint density at radius 2 is 1.71 bits per heavy atom. The summed E-state index contributed by atoms with van der Waals surface area (Å²) < 4.78 is 5.39. The summed E-state index contributed by atoms with van der Waals surface area (Å²) in [4.78, 5) is 12.3. The molecule has 0 bridgehead atoms. The van der Waals surface area contributed by atoms with E-state index in [4.69, 9.17) is 9.73 Å². The Hall–Kier alpha value is -2.79. The lowest BCUT2D eigenvalue weighted by molar-refractivity contribution is 0.313. The Bertz CT molecular complexity index is 1060. The molecule has 2 fully saturated rings. The van der Waals surface area contributed by atoms with E-state index in [1.807, 2.05) is 0 Å². The normalized spacial score (nSPS) is 21.9. The second-order valence-corrected chi connectivity index (χ2v) is 9.26. The van der Waals surface area contributed by atoms with Crippen molar-refractivity contribution in [3.63, 3.8) is 0 Å². The van der Waals surface area contributed by atoms with Crippen molar-refractivity contribution < 1.29 is 4.74 Å². The van der Waals surface area contributed by atoms with Crippen LogP contribution < -0.4 is 9.64 Å². The largest absolute Gasteiger partial charge is 0.497 e. The van der Waals surface area contributed by atoms with Crippen LogP contribution >= 0.6 is 0 Å². The minimum absolute atomic E-state index is 0.110. The maximum Gasteiger partial charge on any atom is 0.135 e.